The lowest BCUT2D eigenvalue weighted by molar-refractivity contribution is -0.137. The van der Waals surface area contributed by atoms with Crippen molar-refractivity contribution in [1.82, 2.24) is 9.97 Å². The fraction of sp³-hybridized carbons (Fsp3) is 0.273. The van der Waals surface area contributed by atoms with Gasteiger partial charge in [-0.05, 0) is 69.3 Å². The molecule has 3 rings (SSSR count). The summed E-state index contributed by atoms with van der Waals surface area (Å²) in [7, 11) is 1.51. The molecule has 0 bridgehead atoms. The molecule has 0 saturated heterocycles. The number of nitrogens with zero attached hydrogens (tertiary/aromatic N) is 2. The van der Waals surface area contributed by atoms with Gasteiger partial charge in [0, 0.05) is 17.6 Å². The van der Waals surface area contributed by atoms with E-state index in [2.05, 4.69) is 20.6 Å². The molecule has 0 spiro atoms. The lowest BCUT2D eigenvalue weighted by Crippen LogP contribution is -2.22. The molecule has 0 aliphatic rings. The number of nitrogens with one attached hydrogen (secondary N) is 2. The predicted octanol–water partition coefficient (Wildman–Crippen LogP) is 6.17. The summed E-state index contributed by atoms with van der Waals surface area (Å²) in [6.45, 7) is 5.81. The fourth-order valence-corrected chi connectivity index (χ4v) is 2.64. The minimum Gasteiger partial charge on any atom is -0.497 e. The zero-order valence-electron chi connectivity index (χ0n) is 17.5. The number of hydrogen-bond donors (Lipinski definition) is 2. The standard InChI is InChI=1S/C22H23F3N4O2/c1-21(2,3)31-17-11-7-15(8-12-17)28-20-26-13-18(22(23,24)25)19(29-20)27-14-5-9-16(30-4)10-6-14/h5-13H,1-4H3,(H2,26,27,28,29). The number of methoxy groups -OCH3 is 1. The number of halogens is 3. The monoisotopic (exact) mass is 432 g/mol. The molecule has 0 aliphatic heterocycles. The summed E-state index contributed by atoms with van der Waals surface area (Å²) in [6, 6.07) is 13.5. The Hall–Kier alpha value is -3.49. The van der Waals surface area contributed by atoms with Gasteiger partial charge in [0.15, 0.2) is 0 Å². The zero-order chi connectivity index (χ0) is 22.6. The molecule has 2 N–H and O–H groups in total. The van der Waals surface area contributed by atoms with E-state index >= 15 is 0 Å². The van der Waals surface area contributed by atoms with E-state index in [1.807, 2.05) is 20.8 Å². The SMILES string of the molecule is COc1ccc(Nc2nc(Nc3ccc(OC(C)(C)C)cc3)ncc2C(F)(F)F)cc1. The summed E-state index contributed by atoms with van der Waals surface area (Å²) >= 11 is 0. The topological polar surface area (TPSA) is 68.3 Å². The second-order valence-electron chi connectivity index (χ2n) is 7.67. The molecule has 0 fully saturated rings. The maximum absolute atomic E-state index is 13.4. The smallest absolute Gasteiger partial charge is 0.421 e. The van der Waals surface area contributed by atoms with E-state index in [-0.39, 0.29) is 17.4 Å². The first-order chi connectivity index (χ1) is 14.5. The van der Waals surface area contributed by atoms with Gasteiger partial charge in [0.05, 0.1) is 7.11 Å². The maximum Gasteiger partial charge on any atom is 0.421 e. The lowest BCUT2D eigenvalue weighted by Gasteiger charge is -2.21. The van der Waals surface area contributed by atoms with E-state index in [0.29, 0.717) is 22.9 Å². The van der Waals surface area contributed by atoms with Crippen molar-refractivity contribution >= 4 is 23.1 Å². The number of aromatic nitrogens is 2. The lowest BCUT2D eigenvalue weighted by atomic mass is 10.2. The van der Waals surface area contributed by atoms with E-state index in [1.165, 1.54) is 7.11 Å². The van der Waals surface area contributed by atoms with Crippen molar-refractivity contribution < 1.29 is 22.6 Å². The number of anilines is 4. The largest absolute Gasteiger partial charge is 0.497 e. The van der Waals surface area contributed by atoms with Crippen LogP contribution in [-0.4, -0.2) is 22.7 Å². The second-order valence-corrected chi connectivity index (χ2v) is 7.67. The van der Waals surface area contributed by atoms with Crippen LogP contribution in [0.5, 0.6) is 11.5 Å². The van der Waals surface area contributed by atoms with Gasteiger partial charge >= 0.3 is 6.18 Å². The molecule has 0 atom stereocenters. The molecule has 2 aromatic carbocycles. The van der Waals surface area contributed by atoms with Crippen LogP contribution in [0.2, 0.25) is 0 Å². The molecule has 9 heteroatoms. The third kappa shape index (κ3) is 6.24. The van der Waals surface area contributed by atoms with Gasteiger partial charge in [0.1, 0.15) is 28.5 Å². The Morgan fingerprint density at radius 3 is 1.87 bits per heavy atom. The molecule has 0 saturated carbocycles. The Bertz CT molecular complexity index is 1010. The molecule has 3 aromatic rings. The van der Waals surface area contributed by atoms with Gasteiger partial charge in [-0.3, -0.25) is 0 Å². The Morgan fingerprint density at radius 1 is 0.806 bits per heavy atom. The van der Waals surface area contributed by atoms with Crippen LogP contribution in [0, 0.1) is 0 Å². The molecule has 1 aromatic heterocycles. The van der Waals surface area contributed by atoms with Gasteiger partial charge in [-0.1, -0.05) is 0 Å². The van der Waals surface area contributed by atoms with Crippen LogP contribution in [0.4, 0.5) is 36.3 Å². The molecule has 1 heterocycles. The van der Waals surface area contributed by atoms with Crippen molar-refractivity contribution in [3.8, 4) is 11.5 Å². The third-order valence-corrected chi connectivity index (χ3v) is 3.98. The highest BCUT2D eigenvalue weighted by atomic mass is 19.4. The molecular weight excluding hydrogens is 409 g/mol. The van der Waals surface area contributed by atoms with Gasteiger partial charge in [-0.25, -0.2) is 4.98 Å². The fourth-order valence-electron chi connectivity index (χ4n) is 2.64. The molecule has 0 unspecified atom stereocenters. The van der Waals surface area contributed by atoms with Crippen LogP contribution in [0.15, 0.2) is 54.7 Å². The summed E-state index contributed by atoms with van der Waals surface area (Å²) in [5.41, 5.74) is -0.271. The number of ether oxygens (including phenoxy) is 2. The predicted molar refractivity (Wildman–Crippen MR) is 113 cm³/mol. The quantitative estimate of drug-likeness (QED) is 0.486. The molecule has 0 radical (unpaired) electrons. The highest BCUT2D eigenvalue weighted by molar-refractivity contribution is 5.63. The van der Waals surface area contributed by atoms with E-state index < -0.39 is 11.7 Å². The number of alkyl halides is 3. The van der Waals surface area contributed by atoms with E-state index in [4.69, 9.17) is 9.47 Å². The van der Waals surface area contributed by atoms with E-state index in [1.54, 1.807) is 48.5 Å². The zero-order valence-corrected chi connectivity index (χ0v) is 17.5. The van der Waals surface area contributed by atoms with Gasteiger partial charge in [0.2, 0.25) is 5.95 Å². The van der Waals surface area contributed by atoms with Crippen molar-refractivity contribution in [3.63, 3.8) is 0 Å². The van der Waals surface area contributed by atoms with Crippen molar-refractivity contribution in [3.05, 3.63) is 60.3 Å². The summed E-state index contributed by atoms with van der Waals surface area (Å²) in [5, 5.41) is 5.62. The number of hydrogen-bond acceptors (Lipinski definition) is 6. The Balaban J connectivity index is 1.83. The summed E-state index contributed by atoms with van der Waals surface area (Å²) in [6.07, 6.45) is -3.86. The van der Waals surface area contributed by atoms with Crippen molar-refractivity contribution in [1.29, 1.82) is 0 Å². The van der Waals surface area contributed by atoms with Crippen LogP contribution in [0.3, 0.4) is 0 Å². The van der Waals surface area contributed by atoms with Gasteiger partial charge < -0.3 is 20.1 Å². The first-order valence-corrected chi connectivity index (χ1v) is 9.45. The molecular formula is C22H23F3N4O2. The van der Waals surface area contributed by atoms with Crippen LogP contribution in [0.1, 0.15) is 26.3 Å². The Labute approximate surface area is 178 Å². The van der Waals surface area contributed by atoms with E-state index in [9.17, 15) is 13.2 Å². The first-order valence-electron chi connectivity index (χ1n) is 9.45. The minimum atomic E-state index is -4.61. The van der Waals surface area contributed by atoms with Gasteiger partial charge in [-0.15, -0.1) is 0 Å². The number of rotatable bonds is 6. The second kappa shape index (κ2) is 8.71. The molecule has 6 nitrogen and oxygen atoms in total. The highest BCUT2D eigenvalue weighted by Gasteiger charge is 2.35. The van der Waals surface area contributed by atoms with Crippen LogP contribution < -0.4 is 20.1 Å². The average molecular weight is 432 g/mol. The summed E-state index contributed by atoms with van der Waals surface area (Å²) in [4.78, 5) is 7.86. The first kappa shape index (κ1) is 22.2. The van der Waals surface area contributed by atoms with Gasteiger partial charge in [0.25, 0.3) is 0 Å². The third-order valence-electron chi connectivity index (χ3n) is 3.98. The Morgan fingerprint density at radius 2 is 1.35 bits per heavy atom. The molecule has 164 valence electrons. The van der Waals surface area contributed by atoms with Crippen molar-refractivity contribution in [2.75, 3.05) is 17.7 Å². The molecule has 31 heavy (non-hydrogen) atoms. The van der Waals surface area contributed by atoms with Gasteiger partial charge in [-0.2, -0.15) is 18.2 Å². The molecule has 0 amide bonds. The minimum absolute atomic E-state index is 0.0218. The van der Waals surface area contributed by atoms with E-state index in [0.717, 1.165) is 6.20 Å². The molecule has 0 aliphatic carbocycles. The van der Waals surface area contributed by atoms with Crippen LogP contribution in [0.25, 0.3) is 0 Å². The summed E-state index contributed by atoms with van der Waals surface area (Å²) < 4.78 is 51.1. The number of benzene rings is 2. The normalized spacial score (nSPS) is 11.7. The Kier molecular flexibility index (Phi) is 6.24. The van der Waals surface area contributed by atoms with Crippen LogP contribution >= 0.6 is 0 Å². The summed E-state index contributed by atoms with van der Waals surface area (Å²) in [5.74, 6) is 0.926. The van der Waals surface area contributed by atoms with Crippen molar-refractivity contribution in [2.45, 2.75) is 32.5 Å². The maximum atomic E-state index is 13.4. The highest BCUT2D eigenvalue weighted by Crippen LogP contribution is 2.35. The van der Waals surface area contributed by atoms with Crippen LogP contribution in [-0.2, 0) is 6.18 Å². The average Bonchev–Trinajstić information content (AvgIpc) is 2.68. The van der Waals surface area contributed by atoms with Crippen molar-refractivity contribution in [2.24, 2.45) is 0 Å².